The van der Waals surface area contributed by atoms with Crippen molar-refractivity contribution in [2.24, 2.45) is 11.8 Å². The Kier molecular flexibility index (Phi) is 6.03. The van der Waals surface area contributed by atoms with Gasteiger partial charge in [-0.15, -0.1) is 0 Å². The van der Waals surface area contributed by atoms with Crippen molar-refractivity contribution in [1.82, 2.24) is 0 Å². The van der Waals surface area contributed by atoms with Crippen LogP contribution in [0.15, 0.2) is 0 Å². The molecule has 0 spiro atoms. The third-order valence-corrected chi connectivity index (χ3v) is 1.96. The molecule has 0 aromatic carbocycles. The molecule has 0 amide bonds. The van der Waals surface area contributed by atoms with E-state index < -0.39 is 11.6 Å². The first kappa shape index (κ1) is 14.9. The Morgan fingerprint density at radius 1 is 1.31 bits per heavy atom. The van der Waals surface area contributed by atoms with E-state index in [1.807, 2.05) is 20.8 Å². The van der Waals surface area contributed by atoms with Gasteiger partial charge in [0.15, 0.2) is 0 Å². The van der Waals surface area contributed by atoms with Gasteiger partial charge in [0.2, 0.25) is 0 Å². The minimum atomic E-state index is -0.459. The number of hydrogen-bond acceptors (Lipinski definition) is 5. The van der Waals surface area contributed by atoms with Gasteiger partial charge in [-0.25, -0.2) is 0 Å². The van der Waals surface area contributed by atoms with E-state index in [0.29, 0.717) is 19.3 Å². The summed E-state index contributed by atoms with van der Waals surface area (Å²) < 4.78 is 5.13. The molecule has 0 aliphatic rings. The fourth-order valence-corrected chi connectivity index (χ4v) is 1.18. The zero-order chi connectivity index (χ0) is 12.8. The Morgan fingerprint density at radius 2 is 1.88 bits per heavy atom. The van der Waals surface area contributed by atoms with E-state index in [1.165, 1.54) is 0 Å². The lowest BCUT2D eigenvalue weighted by atomic mass is 10.0. The first-order chi connectivity index (χ1) is 7.26. The van der Waals surface area contributed by atoms with Crippen molar-refractivity contribution in [1.29, 1.82) is 0 Å². The molecule has 0 rings (SSSR count). The first-order valence-corrected chi connectivity index (χ1v) is 5.38. The molecule has 94 valence electrons. The number of nitrogens with two attached hydrogens (primary N) is 1. The average molecular weight is 231 g/mol. The second-order valence-electron chi connectivity index (χ2n) is 4.82. The highest BCUT2D eigenvalue weighted by molar-refractivity contribution is 5.72. The summed E-state index contributed by atoms with van der Waals surface area (Å²) in [6, 6.07) is 0. The van der Waals surface area contributed by atoms with Crippen LogP contribution in [0.25, 0.3) is 0 Å². The van der Waals surface area contributed by atoms with Gasteiger partial charge in [-0.05, 0) is 33.6 Å². The van der Waals surface area contributed by atoms with E-state index in [1.54, 1.807) is 6.92 Å². The normalized spacial score (nSPS) is 13.1. The van der Waals surface area contributed by atoms with E-state index in [2.05, 4.69) is 4.84 Å². The molecule has 0 aliphatic heterocycles. The van der Waals surface area contributed by atoms with E-state index in [4.69, 9.17) is 10.6 Å². The fourth-order valence-electron chi connectivity index (χ4n) is 1.18. The van der Waals surface area contributed by atoms with E-state index >= 15 is 0 Å². The molecule has 5 heteroatoms. The summed E-state index contributed by atoms with van der Waals surface area (Å²) in [4.78, 5) is 26.4. The Morgan fingerprint density at radius 3 is 2.31 bits per heavy atom. The molecule has 2 N–H and O–H groups in total. The maximum atomic E-state index is 11.3. The number of rotatable bonds is 5. The van der Waals surface area contributed by atoms with Gasteiger partial charge >= 0.3 is 11.9 Å². The number of hydrogen-bond donors (Lipinski definition) is 1. The Bertz CT molecular complexity index is 245. The lowest BCUT2D eigenvalue weighted by molar-refractivity contribution is -0.155. The highest BCUT2D eigenvalue weighted by Gasteiger charge is 2.17. The van der Waals surface area contributed by atoms with E-state index in [0.717, 1.165) is 0 Å². The highest BCUT2D eigenvalue weighted by Crippen LogP contribution is 2.13. The quantitative estimate of drug-likeness (QED) is 0.573. The Hall–Kier alpha value is -1.10. The molecule has 0 saturated carbocycles. The molecule has 0 aromatic rings. The molecule has 0 aromatic heterocycles. The van der Waals surface area contributed by atoms with E-state index in [-0.39, 0.29) is 11.9 Å². The van der Waals surface area contributed by atoms with Gasteiger partial charge in [0.05, 0.1) is 5.92 Å². The maximum Gasteiger partial charge on any atom is 0.327 e. The van der Waals surface area contributed by atoms with Crippen LogP contribution in [-0.4, -0.2) is 17.5 Å². The number of carbonyl (C=O) groups excluding carboxylic acids is 2. The molecule has 16 heavy (non-hydrogen) atoms. The van der Waals surface area contributed by atoms with Crippen LogP contribution >= 0.6 is 0 Å². The lowest BCUT2D eigenvalue weighted by Gasteiger charge is -2.19. The number of ether oxygens (including phenoxy) is 1. The summed E-state index contributed by atoms with van der Waals surface area (Å²) >= 11 is 0. The third kappa shape index (κ3) is 7.23. The van der Waals surface area contributed by atoms with Crippen molar-refractivity contribution in [2.75, 3.05) is 0 Å². The molecule has 0 aliphatic carbocycles. The Labute approximate surface area is 96.2 Å². The van der Waals surface area contributed by atoms with Crippen molar-refractivity contribution in [3.63, 3.8) is 0 Å². The average Bonchev–Trinajstić information content (AvgIpc) is 2.13. The smallest absolute Gasteiger partial charge is 0.327 e. The zero-order valence-electron chi connectivity index (χ0n) is 10.4. The van der Waals surface area contributed by atoms with Gasteiger partial charge in [0, 0.05) is 6.42 Å². The largest absolute Gasteiger partial charge is 0.460 e. The Balaban J connectivity index is 3.74. The van der Waals surface area contributed by atoms with Gasteiger partial charge in [-0.1, -0.05) is 6.92 Å². The number of esters is 1. The summed E-state index contributed by atoms with van der Waals surface area (Å²) in [6.45, 7) is 7.17. The second kappa shape index (κ2) is 6.48. The van der Waals surface area contributed by atoms with Gasteiger partial charge in [0.25, 0.3) is 0 Å². The third-order valence-electron chi connectivity index (χ3n) is 1.96. The molecule has 0 bridgehead atoms. The van der Waals surface area contributed by atoms with Gasteiger partial charge in [-0.2, -0.15) is 5.90 Å². The molecule has 1 atom stereocenters. The molecule has 1 unspecified atom stereocenters. The summed E-state index contributed by atoms with van der Waals surface area (Å²) in [7, 11) is 0. The van der Waals surface area contributed by atoms with Crippen LogP contribution in [0.4, 0.5) is 0 Å². The standard InChI is InChI=1S/C11H21NO4/c1-8(10(14)16-12)6-5-7-9(13)15-11(2,3)4/h8H,5-7,12H2,1-4H3. The molecular formula is C11H21NO4. The van der Waals surface area contributed by atoms with Crippen molar-refractivity contribution in [3.05, 3.63) is 0 Å². The minimum absolute atomic E-state index is 0.249. The second-order valence-corrected chi connectivity index (χ2v) is 4.82. The van der Waals surface area contributed by atoms with Crippen LogP contribution in [0.2, 0.25) is 0 Å². The van der Waals surface area contributed by atoms with Crippen molar-refractivity contribution in [2.45, 2.75) is 52.6 Å². The monoisotopic (exact) mass is 231 g/mol. The molecule has 0 fully saturated rings. The topological polar surface area (TPSA) is 78.6 Å². The van der Waals surface area contributed by atoms with Crippen LogP contribution in [0.3, 0.4) is 0 Å². The van der Waals surface area contributed by atoms with Crippen LogP contribution in [0.5, 0.6) is 0 Å². The summed E-state index contributed by atoms with van der Waals surface area (Å²) in [5, 5.41) is 0. The molecule has 0 saturated heterocycles. The van der Waals surface area contributed by atoms with Crippen molar-refractivity contribution >= 4 is 11.9 Å². The van der Waals surface area contributed by atoms with Crippen LogP contribution in [0.1, 0.15) is 47.0 Å². The SMILES string of the molecule is CC(CCCC(=O)OC(C)(C)C)C(=O)ON. The van der Waals surface area contributed by atoms with Crippen LogP contribution in [-0.2, 0) is 19.2 Å². The molecule has 0 heterocycles. The summed E-state index contributed by atoms with van der Waals surface area (Å²) in [6.07, 6.45) is 1.46. The predicted octanol–water partition coefficient (Wildman–Crippen LogP) is 1.55. The zero-order valence-corrected chi connectivity index (χ0v) is 10.4. The van der Waals surface area contributed by atoms with E-state index in [9.17, 15) is 9.59 Å². The van der Waals surface area contributed by atoms with Gasteiger partial charge in [-0.3, -0.25) is 9.59 Å². The highest BCUT2D eigenvalue weighted by atomic mass is 16.7. The minimum Gasteiger partial charge on any atom is -0.460 e. The van der Waals surface area contributed by atoms with Gasteiger partial charge < -0.3 is 9.57 Å². The number of carbonyl (C=O) groups is 2. The van der Waals surface area contributed by atoms with Gasteiger partial charge in [0.1, 0.15) is 5.60 Å². The maximum absolute atomic E-state index is 11.3. The molecule has 5 nitrogen and oxygen atoms in total. The summed E-state index contributed by atoms with van der Waals surface area (Å²) in [5.41, 5.74) is -0.459. The molecular weight excluding hydrogens is 210 g/mol. The van der Waals surface area contributed by atoms with Crippen LogP contribution < -0.4 is 5.90 Å². The molecule has 0 radical (unpaired) electrons. The first-order valence-electron chi connectivity index (χ1n) is 5.38. The van der Waals surface area contributed by atoms with Crippen molar-refractivity contribution < 1.29 is 19.2 Å². The van der Waals surface area contributed by atoms with Crippen LogP contribution in [0, 0.1) is 5.92 Å². The fraction of sp³-hybridized carbons (Fsp3) is 0.818. The van der Waals surface area contributed by atoms with Crippen molar-refractivity contribution in [3.8, 4) is 0 Å². The predicted molar refractivity (Wildman–Crippen MR) is 59.1 cm³/mol. The summed E-state index contributed by atoms with van der Waals surface area (Å²) in [5.74, 6) is 3.76. The lowest BCUT2D eigenvalue weighted by Crippen LogP contribution is -2.24.